The van der Waals surface area contributed by atoms with Crippen LogP contribution in [0.5, 0.6) is 0 Å². The van der Waals surface area contributed by atoms with E-state index in [-0.39, 0.29) is 24.6 Å². The fourth-order valence-corrected chi connectivity index (χ4v) is 2.49. The molecular weight excluding hydrogens is 262 g/mol. The van der Waals surface area contributed by atoms with Gasteiger partial charge in [0.05, 0.1) is 38.4 Å². The Morgan fingerprint density at radius 2 is 2.15 bits per heavy atom. The molecule has 20 heavy (non-hydrogen) atoms. The maximum atomic E-state index is 11.5. The molecule has 2 unspecified atom stereocenters. The lowest BCUT2D eigenvalue weighted by Crippen LogP contribution is -2.44. The first-order valence-corrected chi connectivity index (χ1v) is 7.15. The van der Waals surface area contributed by atoms with Gasteiger partial charge >= 0.3 is 5.97 Å². The van der Waals surface area contributed by atoms with Crippen LogP contribution in [0, 0.1) is 5.92 Å². The van der Waals surface area contributed by atoms with Crippen LogP contribution in [0.4, 0.5) is 0 Å². The Morgan fingerprint density at radius 3 is 2.80 bits per heavy atom. The third-order valence-electron chi connectivity index (χ3n) is 3.48. The summed E-state index contributed by atoms with van der Waals surface area (Å²) >= 11 is 0. The Labute approximate surface area is 121 Å². The summed E-state index contributed by atoms with van der Waals surface area (Å²) in [6.07, 6.45) is 1.23. The van der Waals surface area contributed by atoms with Crippen molar-refractivity contribution in [1.82, 2.24) is 4.90 Å². The van der Waals surface area contributed by atoms with Crippen molar-refractivity contribution in [2.75, 3.05) is 47.1 Å². The van der Waals surface area contributed by atoms with E-state index in [1.807, 2.05) is 6.92 Å². The van der Waals surface area contributed by atoms with Gasteiger partial charge in [-0.05, 0) is 26.3 Å². The quantitative estimate of drug-likeness (QED) is 0.648. The van der Waals surface area contributed by atoms with Crippen LogP contribution in [0.1, 0.15) is 19.8 Å². The van der Waals surface area contributed by atoms with Gasteiger partial charge in [-0.25, -0.2) is 0 Å². The lowest BCUT2D eigenvalue weighted by molar-refractivity contribution is -0.147. The standard InChI is InChI=1S/C14H27NO5/c1-11(9-18-2)20-10-13(16)8-15-6-4-5-12(7-15)14(17)19-3/h11-13,16H,4-10H2,1-3H3/t11?,12-,13?/m0/s1. The smallest absolute Gasteiger partial charge is 0.309 e. The Kier molecular flexibility index (Phi) is 8.06. The molecule has 0 bridgehead atoms. The largest absolute Gasteiger partial charge is 0.469 e. The molecule has 0 radical (unpaired) electrons. The first-order valence-electron chi connectivity index (χ1n) is 7.15. The summed E-state index contributed by atoms with van der Waals surface area (Å²) < 4.78 is 15.2. The number of carbonyl (C=O) groups excluding carboxylic acids is 1. The Balaban J connectivity index is 2.27. The van der Waals surface area contributed by atoms with Crippen LogP contribution in [0.15, 0.2) is 0 Å². The van der Waals surface area contributed by atoms with E-state index in [1.54, 1.807) is 7.11 Å². The number of nitrogens with zero attached hydrogens (tertiary/aromatic N) is 1. The molecule has 1 rings (SSSR count). The topological polar surface area (TPSA) is 68.2 Å². The number of aliphatic hydroxyl groups excluding tert-OH is 1. The highest BCUT2D eigenvalue weighted by atomic mass is 16.5. The van der Waals surface area contributed by atoms with Crippen LogP contribution in [0.2, 0.25) is 0 Å². The number of likely N-dealkylation sites (tertiary alicyclic amines) is 1. The normalized spacial score (nSPS) is 23.3. The van der Waals surface area contributed by atoms with Crippen LogP contribution in [0.3, 0.4) is 0 Å². The minimum Gasteiger partial charge on any atom is -0.469 e. The average molecular weight is 289 g/mol. The van der Waals surface area contributed by atoms with Gasteiger partial charge in [0.1, 0.15) is 0 Å². The van der Waals surface area contributed by atoms with Crippen molar-refractivity contribution in [3.8, 4) is 0 Å². The van der Waals surface area contributed by atoms with Crippen molar-refractivity contribution in [3.63, 3.8) is 0 Å². The first-order chi connectivity index (χ1) is 9.56. The molecule has 1 aliphatic rings. The average Bonchev–Trinajstić information content (AvgIpc) is 2.45. The molecule has 0 aliphatic carbocycles. The highest BCUT2D eigenvalue weighted by Gasteiger charge is 2.27. The molecule has 0 amide bonds. The summed E-state index contributed by atoms with van der Waals surface area (Å²) in [4.78, 5) is 13.6. The zero-order chi connectivity index (χ0) is 15.0. The van der Waals surface area contributed by atoms with Gasteiger partial charge in [-0.2, -0.15) is 0 Å². The van der Waals surface area contributed by atoms with E-state index in [0.717, 1.165) is 19.4 Å². The summed E-state index contributed by atoms with van der Waals surface area (Å²) in [5.41, 5.74) is 0. The zero-order valence-corrected chi connectivity index (χ0v) is 12.7. The summed E-state index contributed by atoms with van der Waals surface area (Å²) in [5, 5.41) is 9.98. The van der Waals surface area contributed by atoms with Gasteiger partial charge in [-0.15, -0.1) is 0 Å². The van der Waals surface area contributed by atoms with Crippen molar-refractivity contribution in [1.29, 1.82) is 0 Å². The first kappa shape index (κ1) is 17.4. The lowest BCUT2D eigenvalue weighted by Gasteiger charge is -2.32. The van der Waals surface area contributed by atoms with Crippen LogP contribution in [0.25, 0.3) is 0 Å². The molecule has 0 aromatic heterocycles. The third-order valence-corrected chi connectivity index (χ3v) is 3.48. The van der Waals surface area contributed by atoms with E-state index < -0.39 is 6.10 Å². The molecule has 118 valence electrons. The highest BCUT2D eigenvalue weighted by molar-refractivity contribution is 5.72. The fourth-order valence-electron chi connectivity index (χ4n) is 2.49. The number of carbonyl (C=O) groups is 1. The van der Waals surface area contributed by atoms with E-state index in [9.17, 15) is 9.90 Å². The van der Waals surface area contributed by atoms with Crippen molar-refractivity contribution < 1.29 is 24.1 Å². The van der Waals surface area contributed by atoms with Crippen molar-refractivity contribution in [2.45, 2.75) is 32.0 Å². The number of β-amino-alcohol motifs (C(OH)–C–C–N with tert-alkyl or cyclic N) is 1. The maximum absolute atomic E-state index is 11.5. The van der Waals surface area contributed by atoms with Gasteiger partial charge in [0, 0.05) is 20.2 Å². The number of methoxy groups -OCH3 is 2. The second kappa shape index (κ2) is 9.28. The summed E-state index contributed by atoms with van der Waals surface area (Å²) in [6.45, 7) is 4.78. The molecule has 0 aromatic rings. The summed E-state index contributed by atoms with van der Waals surface area (Å²) in [7, 11) is 3.04. The van der Waals surface area contributed by atoms with Gasteiger partial charge in [-0.1, -0.05) is 0 Å². The minimum absolute atomic E-state index is 0.0289. The van der Waals surface area contributed by atoms with Crippen LogP contribution in [-0.2, 0) is 19.0 Å². The molecule has 1 aliphatic heterocycles. The van der Waals surface area contributed by atoms with Crippen molar-refractivity contribution >= 4 is 5.97 Å². The van der Waals surface area contributed by atoms with E-state index in [1.165, 1.54) is 7.11 Å². The van der Waals surface area contributed by atoms with Crippen LogP contribution in [-0.4, -0.2) is 75.3 Å². The van der Waals surface area contributed by atoms with Gasteiger partial charge in [0.15, 0.2) is 0 Å². The molecule has 1 heterocycles. The molecule has 0 spiro atoms. The number of ether oxygens (including phenoxy) is 3. The molecule has 6 nitrogen and oxygen atoms in total. The second-order valence-corrected chi connectivity index (χ2v) is 5.38. The molecule has 6 heteroatoms. The third kappa shape index (κ3) is 6.17. The number of aliphatic hydroxyl groups is 1. The second-order valence-electron chi connectivity index (χ2n) is 5.38. The highest BCUT2D eigenvalue weighted by Crippen LogP contribution is 2.17. The number of piperidine rings is 1. The van der Waals surface area contributed by atoms with Gasteiger partial charge in [0.25, 0.3) is 0 Å². The molecule has 1 fully saturated rings. The maximum Gasteiger partial charge on any atom is 0.309 e. The Bertz CT molecular complexity index is 287. The van der Waals surface area contributed by atoms with E-state index >= 15 is 0 Å². The lowest BCUT2D eigenvalue weighted by atomic mass is 9.98. The molecule has 3 atom stereocenters. The Hall–Kier alpha value is -0.690. The number of esters is 1. The number of rotatable bonds is 8. The monoisotopic (exact) mass is 289 g/mol. The molecular formula is C14H27NO5. The summed E-state index contributed by atoms with van der Waals surface area (Å²) in [6, 6.07) is 0. The fraction of sp³-hybridized carbons (Fsp3) is 0.929. The zero-order valence-electron chi connectivity index (χ0n) is 12.7. The molecule has 0 saturated carbocycles. The van der Waals surface area contributed by atoms with E-state index in [4.69, 9.17) is 14.2 Å². The van der Waals surface area contributed by atoms with E-state index in [2.05, 4.69) is 4.90 Å². The molecule has 0 aromatic carbocycles. The Morgan fingerprint density at radius 1 is 1.40 bits per heavy atom. The van der Waals surface area contributed by atoms with E-state index in [0.29, 0.717) is 19.7 Å². The van der Waals surface area contributed by atoms with Gasteiger partial charge in [-0.3, -0.25) is 9.69 Å². The van der Waals surface area contributed by atoms with Crippen molar-refractivity contribution in [2.24, 2.45) is 5.92 Å². The van der Waals surface area contributed by atoms with Crippen molar-refractivity contribution in [3.05, 3.63) is 0 Å². The van der Waals surface area contributed by atoms with Gasteiger partial charge < -0.3 is 19.3 Å². The molecule has 1 saturated heterocycles. The van der Waals surface area contributed by atoms with Crippen LogP contribution < -0.4 is 0 Å². The number of hydrogen-bond acceptors (Lipinski definition) is 6. The molecule has 1 N–H and O–H groups in total. The summed E-state index contributed by atoms with van der Waals surface area (Å²) in [5.74, 6) is -0.233. The predicted octanol–water partition coefficient (Wildman–Crippen LogP) is 0.284. The van der Waals surface area contributed by atoms with Crippen LogP contribution >= 0.6 is 0 Å². The minimum atomic E-state index is -0.550. The van der Waals surface area contributed by atoms with Gasteiger partial charge in [0.2, 0.25) is 0 Å². The predicted molar refractivity (Wildman–Crippen MR) is 74.5 cm³/mol. The number of hydrogen-bond donors (Lipinski definition) is 1. The SMILES string of the molecule is COCC(C)OCC(O)CN1CCC[C@H](C(=O)OC)C1.